The van der Waals surface area contributed by atoms with Crippen LogP contribution in [-0.4, -0.2) is 53.3 Å². The van der Waals surface area contributed by atoms with E-state index in [0.29, 0.717) is 25.0 Å². The number of allylic oxidation sites excluding steroid dienone is 3. The molecule has 1 saturated heterocycles. The summed E-state index contributed by atoms with van der Waals surface area (Å²) < 4.78 is 32.2. The topological polar surface area (TPSA) is 132 Å². The number of phosphoric acid groups is 1. The van der Waals surface area contributed by atoms with E-state index in [1.54, 1.807) is 0 Å². The molecule has 10 heteroatoms. The Morgan fingerprint density at radius 3 is 1.67 bits per heavy atom. The molecule has 1 heterocycles. The van der Waals surface area contributed by atoms with E-state index in [1.807, 2.05) is 0 Å². The van der Waals surface area contributed by atoms with Gasteiger partial charge in [0, 0.05) is 12.8 Å². The molecule has 0 aromatic heterocycles. The molecule has 9 nitrogen and oxygen atoms in total. The summed E-state index contributed by atoms with van der Waals surface area (Å²) in [5.74, 6) is -0.909. The number of hydrogen-bond donors (Lipinski definition) is 2. The van der Waals surface area contributed by atoms with Crippen molar-refractivity contribution in [3.8, 4) is 0 Å². The summed E-state index contributed by atoms with van der Waals surface area (Å²) in [5, 5.41) is 0. The van der Waals surface area contributed by atoms with Crippen LogP contribution in [0.3, 0.4) is 0 Å². The summed E-state index contributed by atoms with van der Waals surface area (Å²) in [6.07, 6.45) is 39.1. The molecule has 0 aromatic rings. The first-order valence-corrected chi connectivity index (χ1v) is 22.3. The van der Waals surface area contributed by atoms with Crippen LogP contribution < -0.4 is 0 Å². The van der Waals surface area contributed by atoms with E-state index in [1.165, 1.54) is 83.5 Å². The average Bonchev–Trinajstić information content (AvgIpc) is 3.85. The predicted octanol–water partition coefficient (Wildman–Crippen LogP) is 11.4. The maximum absolute atomic E-state index is 12.4. The monoisotopic (exact) mass is 743 g/mol. The highest BCUT2D eigenvalue weighted by Gasteiger charge is 2.36. The average molecular weight is 743 g/mol. The molecule has 0 amide bonds. The third-order valence-electron chi connectivity index (χ3n) is 9.37. The van der Waals surface area contributed by atoms with E-state index in [9.17, 15) is 14.2 Å². The quantitative estimate of drug-likeness (QED) is 0.0210. The van der Waals surface area contributed by atoms with Gasteiger partial charge < -0.3 is 24.0 Å². The number of rotatable bonds is 37. The van der Waals surface area contributed by atoms with Crippen molar-refractivity contribution in [2.45, 2.75) is 212 Å². The number of esters is 2. The lowest BCUT2D eigenvalue weighted by Crippen LogP contribution is -2.29. The van der Waals surface area contributed by atoms with Gasteiger partial charge in [-0.05, 0) is 64.2 Å². The van der Waals surface area contributed by atoms with Gasteiger partial charge in [-0.25, -0.2) is 4.57 Å². The minimum absolute atomic E-state index is 0.189. The lowest BCUT2D eigenvalue weighted by molar-refractivity contribution is -0.161. The normalized spacial score (nSPS) is 16.6. The van der Waals surface area contributed by atoms with Crippen LogP contribution in [0.4, 0.5) is 0 Å². The maximum Gasteiger partial charge on any atom is 0.469 e. The molecule has 0 aromatic carbocycles. The summed E-state index contributed by atoms with van der Waals surface area (Å²) in [6, 6.07) is 0. The van der Waals surface area contributed by atoms with Gasteiger partial charge in [-0.3, -0.25) is 14.1 Å². The third kappa shape index (κ3) is 32.8. The van der Waals surface area contributed by atoms with Gasteiger partial charge in [-0.2, -0.15) is 0 Å². The first-order valence-electron chi connectivity index (χ1n) is 20.8. The Hall–Kier alpha value is -1.51. The van der Waals surface area contributed by atoms with E-state index in [2.05, 4.69) is 42.7 Å². The number of epoxide rings is 1. The van der Waals surface area contributed by atoms with Crippen molar-refractivity contribution in [2.75, 3.05) is 13.2 Å². The molecule has 0 radical (unpaired) electrons. The fourth-order valence-electron chi connectivity index (χ4n) is 6.14. The Balaban J connectivity index is 2.07. The summed E-state index contributed by atoms with van der Waals surface area (Å²) in [4.78, 5) is 42.9. The molecule has 0 bridgehead atoms. The lowest BCUT2D eigenvalue weighted by Gasteiger charge is -2.18. The van der Waals surface area contributed by atoms with Crippen LogP contribution in [0, 0.1) is 0 Å². The number of hydrogen-bond acceptors (Lipinski definition) is 7. The first kappa shape index (κ1) is 47.5. The van der Waals surface area contributed by atoms with Crippen molar-refractivity contribution in [1.29, 1.82) is 0 Å². The van der Waals surface area contributed by atoms with Crippen LogP contribution in [0.2, 0.25) is 0 Å². The molecular formula is C41H75O9P. The Morgan fingerprint density at radius 1 is 0.608 bits per heavy atom. The van der Waals surface area contributed by atoms with Crippen LogP contribution in [0.5, 0.6) is 0 Å². The SMILES string of the molecule is CCCCC/C=C\CC1OC1CCCCCCCC(=O)O[C@H](COC(=O)CCCCCCCCC/C=C\CCCCCCCC)COP(=O)(O)O. The van der Waals surface area contributed by atoms with Gasteiger partial charge in [0.15, 0.2) is 6.10 Å². The summed E-state index contributed by atoms with van der Waals surface area (Å²) in [5.41, 5.74) is 0. The molecule has 1 rings (SSSR count). The number of carbonyl (C=O) groups excluding carboxylic acids is 2. The van der Waals surface area contributed by atoms with Crippen LogP contribution in [0.1, 0.15) is 194 Å². The number of unbranched alkanes of at least 4 members (excludes halogenated alkanes) is 20. The van der Waals surface area contributed by atoms with E-state index < -0.39 is 32.5 Å². The third-order valence-corrected chi connectivity index (χ3v) is 9.85. The van der Waals surface area contributed by atoms with Crippen molar-refractivity contribution in [3.05, 3.63) is 24.3 Å². The van der Waals surface area contributed by atoms with E-state index >= 15 is 0 Å². The van der Waals surface area contributed by atoms with Crippen molar-refractivity contribution in [2.24, 2.45) is 0 Å². The molecule has 298 valence electrons. The van der Waals surface area contributed by atoms with Crippen LogP contribution in [0.15, 0.2) is 24.3 Å². The van der Waals surface area contributed by atoms with Gasteiger partial charge in [0.1, 0.15) is 6.61 Å². The smallest absolute Gasteiger partial charge is 0.462 e. The second kappa shape index (κ2) is 33.1. The van der Waals surface area contributed by atoms with Crippen LogP contribution >= 0.6 is 7.82 Å². The summed E-state index contributed by atoms with van der Waals surface area (Å²) in [6.45, 7) is 3.63. The highest BCUT2D eigenvalue weighted by atomic mass is 31.2. The first-order chi connectivity index (χ1) is 24.7. The van der Waals surface area contributed by atoms with E-state index in [4.69, 9.17) is 24.0 Å². The van der Waals surface area contributed by atoms with Crippen molar-refractivity contribution in [3.63, 3.8) is 0 Å². The number of carbonyl (C=O) groups is 2. The second-order valence-electron chi connectivity index (χ2n) is 14.3. The fraction of sp³-hybridized carbons (Fsp3) is 0.854. The molecule has 2 N–H and O–H groups in total. The molecule has 0 saturated carbocycles. The van der Waals surface area contributed by atoms with Gasteiger partial charge >= 0.3 is 19.8 Å². The molecule has 3 atom stereocenters. The molecule has 2 unspecified atom stereocenters. The van der Waals surface area contributed by atoms with Gasteiger partial charge in [0.2, 0.25) is 0 Å². The van der Waals surface area contributed by atoms with Gasteiger partial charge in [0.25, 0.3) is 0 Å². The molecule has 1 fully saturated rings. The highest BCUT2D eigenvalue weighted by Crippen LogP contribution is 2.36. The molecule has 1 aliphatic heterocycles. The van der Waals surface area contributed by atoms with Crippen molar-refractivity contribution >= 4 is 19.8 Å². The zero-order valence-corrected chi connectivity index (χ0v) is 33.3. The standard InChI is InChI=1S/C41H75O9P/c1-3-5-7-9-11-12-13-14-15-16-17-18-19-20-21-25-29-33-40(42)47-35-37(36-48-51(44,45)46)49-41(43)34-30-26-22-24-28-32-39-38(50-39)31-27-23-10-8-6-4-2/h14-15,23,27,37-39H,3-13,16-22,24-26,28-36H2,1-2H3,(H2,44,45,46)/b15-14-,27-23-/t37-,38?,39?/m1/s1. The van der Waals surface area contributed by atoms with Crippen molar-refractivity contribution in [1.82, 2.24) is 0 Å². The Kier molecular flexibility index (Phi) is 30.8. The molecule has 1 aliphatic rings. The second-order valence-corrected chi connectivity index (χ2v) is 15.6. The summed E-state index contributed by atoms with van der Waals surface area (Å²) >= 11 is 0. The zero-order valence-electron chi connectivity index (χ0n) is 32.5. The van der Waals surface area contributed by atoms with E-state index in [0.717, 1.165) is 70.6 Å². The Bertz CT molecular complexity index is 947. The van der Waals surface area contributed by atoms with Crippen molar-refractivity contribution < 1.29 is 42.7 Å². The molecule has 0 spiro atoms. The largest absolute Gasteiger partial charge is 0.469 e. The van der Waals surface area contributed by atoms with E-state index in [-0.39, 0.29) is 19.4 Å². The fourth-order valence-corrected chi connectivity index (χ4v) is 6.50. The number of ether oxygens (including phenoxy) is 3. The molecular weight excluding hydrogens is 667 g/mol. The number of phosphoric ester groups is 1. The summed E-state index contributed by atoms with van der Waals surface area (Å²) in [7, 11) is -4.76. The van der Waals surface area contributed by atoms with Crippen LogP contribution in [0.25, 0.3) is 0 Å². The Labute approximate surface area is 311 Å². The van der Waals surface area contributed by atoms with Gasteiger partial charge in [-0.15, -0.1) is 0 Å². The molecule has 0 aliphatic carbocycles. The Morgan fingerprint density at radius 2 is 1.08 bits per heavy atom. The van der Waals surface area contributed by atoms with Gasteiger partial charge in [-0.1, -0.05) is 141 Å². The van der Waals surface area contributed by atoms with Gasteiger partial charge in [0.05, 0.1) is 18.8 Å². The predicted molar refractivity (Wildman–Crippen MR) is 206 cm³/mol. The highest BCUT2D eigenvalue weighted by molar-refractivity contribution is 7.46. The minimum atomic E-state index is -4.76. The zero-order chi connectivity index (χ0) is 37.3. The lowest BCUT2D eigenvalue weighted by atomic mass is 10.1. The van der Waals surface area contributed by atoms with Crippen LogP contribution in [-0.2, 0) is 32.9 Å². The maximum atomic E-state index is 12.4. The molecule has 51 heavy (non-hydrogen) atoms. The minimum Gasteiger partial charge on any atom is -0.462 e.